The Labute approximate surface area is 214 Å². The number of amides is 3. The molecule has 192 valence electrons. The van der Waals surface area contributed by atoms with Gasteiger partial charge in [0.15, 0.2) is 18.1 Å². The lowest BCUT2D eigenvalue weighted by molar-refractivity contribution is -0.136. The van der Waals surface area contributed by atoms with Crippen LogP contribution in [0.15, 0.2) is 65.8 Å². The molecule has 3 aromatic rings. The molecule has 37 heavy (non-hydrogen) atoms. The van der Waals surface area contributed by atoms with E-state index in [-0.39, 0.29) is 12.5 Å². The number of hydrazone groups is 1. The molecule has 3 rings (SSSR count). The SMILES string of the molecule is COc1ccc(NC(=O)C(=O)N/N=C\c2ccc(OCC(=O)Nc3c(C)cccc3C)c(OC)c2)cc1. The second kappa shape index (κ2) is 12.7. The highest BCUT2D eigenvalue weighted by molar-refractivity contribution is 6.39. The van der Waals surface area contributed by atoms with Crippen LogP contribution in [0.2, 0.25) is 0 Å². The Morgan fingerprint density at radius 3 is 2.19 bits per heavy atom. The van der Waals surface area contributed by atoms with E-state index in [1.165, 1.54) is 20.4 Å². The number of para-hydroxylation sites is 1. The lowest BCUT2D eigenvalue weighted by atomic mass is 10.1. The molecule has 0 aliphatic heterocycles. The van der Waals surface area contributed by atoms with Gasteiger partial charge in [-0.15, -0.1) is 0 Å². The quantitative estimate of drug-likeness (QED) is 0.233. The molecule has 0 bridgehead atoms. The number of nitrogens with one attached hydrogen (secondary N) is 3. The predicted molar refractivity (Wildman–Crippen MR) is 140 cm³/mol. The Kier molecular flexibility index (Phi) is 9.20. The lowest BCUT2D eigenvalue weighted by Crippen LogP contribution is -2.32. The van der Waals surface area contributed by atoms with Crippen LogP contribution in [0.5, 0.6) is 17.2 Å². The molecule has 3 N–H and O–H groups in total. The van der Waals surface area contributed by atoms with Crippen molar-refractivity contribution in [3.63, 3.8) is 0 Å². The summed E-state index contributed by atoms with van der Waals surface area (Å²) in [6, 6.07) is 17.2. The highest BCUT2D eigenvalue weighted by Gasteiger charge is 2.13. The van der Waals surface area contributed by atoms with E-state index >= 15 is 0 Å². The van der Waals surface area contributed by atoms with Crippen molar-refractivity contribution in [3.05, 3.63) is 77.4 Å². The number of aryl methyl sites for hydroxylation is 2. The molecule has 0 atom stereocenters. The van der Waals surface area contributed by atoms with E-state index in [2.05, 4.69) is 21.2 Å². The fraction of sp³-hybridized carbons (Fsp3) is 0.185. The van der Waals surface area contributed by atoms with E-state index in [0.29, 0.717) is 28.5 Å². The summed E-state index contributed by atoms with van der Waals surface area (Å²) < 4.78 is 16.0. The summed E-state index contributed by atoms with van der Waals surface area (Å²) in [6.45, 7) is 3.63. The van der Waals surface area contributed by atoms with Gasteiger partial charge in [-0.1, -0.05) is 18.2 Å². The monoisotopic (exact) mass is 504 g/mol. The van der Waals surface area contributed by atoms with Crippen molar-refractivity contribution < 1.29 is 28.6 Å². The van der Waals surface area contributed by atoms with E-state index in [4.69, 9.17) is 14.2 Å². The third-order valence-electron chi connectivity index (χ3n) is 5.23. The zero-order valence-electron chi connectivity index (χ0n) is 21.0. The van der Waals surface area contributed by atoms with E-state index in [9.17, 15) is 14.4 Å². The number of anilines is 2. The highest BCUT2D eigenvalue weighted by atomic mass is 16.5. The average molecular weight is 505 g/mol. The van der Waals surface area contributed by atoms with Crippen molar-refractivity contribution in [1.82, 2.24) is 5.43 Å². The van der Waals surface area contributed by atoms with Gasteiger partial charge in [-0.05, 0) is 73.0 Å². The van der Waals surface area contributed by atoms with Crippen LogP contribution in [0.1, 0.15) is 16.7 Å². The number of hydrogen-bond donors (Lipinski definition) is 3. The molecule has 0 heterocycles. The first kappa shape index (κ1) is 26.7. The highest BCUT2D eigenvalue weighted by Crippen LogP contribution is 2.28. The van der Waals surface area contributed by atoms with Crippen molar-refractivity contribution in [1.29, 1.82) is 0 Å². The second-order valence-corrected chi connectivity index (χ2v) is 7.90. The summed E-state index contributed by atoms with van der Waals surface area (Å²) in [6.07, 6.45) is 1.35. The molecule has 0 spiro atoms. The average Bonchev–Trinajstić information content (AvgIpc) is 2.90. The topological polar surface area (TPSA) is 127 Å². The number of benzene rings is 3. The van der Waals surface area contributed by atoms with E-state index in [1.54, 1.807) is 42.5 Å². The lowest BCUT2D eigenvalue weighted by Gasteiger charge is -2.13. The molecule has 0 aliphatic rings. The van der Waals surface area contributed by atoms with Gasteiger partial charge in [-0.25, -0.2) is 5.43 Å². The number of rotatable bonds is 9. The molecular formula is C27H28N4O6. The minimum Gasteiger partial charge on any atom is -0.497 e. The van der Waals surface area contributed by atoms with Crippen molar-refractivity contribution in [2.75, 3.05) is 31.5 Å². The molecule has 0 unspecified atom stereocenters. The Morgan fingerprint density at radius 1 is 0.838 bits per heavy atom. The van der Waals surface area contributed by atoms with Crippen molar-refractivity contribution in [2.24, 2.45) is 5.10 Å². The summed E-state index contributed by atoms with van der Waals surface area (Å²) in [5.74, 6) is -0.761. The zero-order chi connectivity index (χ0) is 26.8. The first-order valence-corrected chi connectivity index (χ1v) is 11.3. The number of ether oxygens (including phenoxy) is 3. The normalized spacial score (nSPS) is 10.5. The third kappa shape index (κ3) is 7.56. The molecule has 3 amide bonds. The van der Waals surface area contributed by atoms with Crippen LogP contribution in [0.4, 0.5) is 11.4 Å². The van der Waals surface area contributed by atoms with Gasteiger partial charge in [0.2, 0.25) is 0 Å². The van der Waals surface area contributed by atoms with Gasteiger partial charge in [-0.3, -0.25) is 14.4 Å². The van der Waals surface area contributed by atoms with Crippen LogP contribution >= 0.6 is 0 Å². The molecule has 10 nitrogen and oxygen atoms in total. The van der Waals surface area contributed by atoms with Crippen LogP contribution in [0, 0.1) is 13.8 Å². The number of carbonyl (C=O) groups excluding carboxylic acids is 3. The van der Waals surface area contributed by atoms with E-state index in [1.807, 2.05) is 32.0 Å². The smallest absolute Gasteiger partial charge is 0.329 e. The molecule has 10 heteroatoms. The van der Waals surface area contributed by atoms with Gasteiger partial charge in [0.05, 0.1) is 20.4 Å². The predicted octanol–water partition coefficient (Wildman–Crippen LogP) is 3.43. The number of hydrogen-bond acceptors (Lipinski definition) is 7. The fourth-order valence-corrected chi connectivity index (χ4v) is 3.29. The Bertz CT molecular complexity index is 1280. The largest absolute Gasteiger partial charge is 0.497 e. The Morgan fingerprint density at radius 2 is 1.54 bits per heavy atom. The first-order valence-electron chi connectivity index (χ1n) is 11.3. The van der Waals surface area contributed by atoms with Gasteiger partial charge < -0.3 is 24.8 Å². The minimum absolute atomic E-state index is 0.211. The van der Waals surface area contributed by atoms with Gasteiger partial charge in [0.1, 0.15) is 5.75 Å². The first-order chi connectivity index (χ1) is 17.8. The van der Waals surface area contributed by atoms with Crippen LogP contribution < -0.4 is 30.3 Å². The van der Waals surface area contributed by atoms with Crippen molar-refractivity contribution >= 4 is 35.3 Å². The fourth-order valence-electron chi connectivity index (χ4n) is 3.29. The molecule has 0 saturated heterocycles. The standard InChI is InChI=1S/C27H28N4O6/c1-17-6-5-7-18(2)25(17)30-24(32)16-37-22-13-8-19(14-23(22)36-4)15-28-31-27(34)26(33)29-20-9-11-21(35-3)12-10-20/h5-15H,16H2,1-4H3,(H,29,33)(H,30,32)(H,31,34)/b28-15-. The van der Waals surface area contributed by atoms with Gasteiger partial charge >= 0.3 is 11.8 Å². The Hall–Kier alpha value is -4.86. The molecule has 0 fully saturated rings. The van der Waals surface area contributed by atoms with E-state index in [0.717, 1.165) is 16.8 Å². The van der Waals surface area contributed by atoms with Crippen LogP contribution in [0.25, 0.3) is 0 Å². The molecule has 0 aliphatic carbocycles. The van der Waals surface area contributed by atoms with Crippen LogP contribution in [0.3, 0.4) is 0 Å². The number of carbonyl (C=O) groups is 3. The van der Waals surface area contributed by atoms with Crippen LogP contribution in [-0.4, -0.2) is 44.8 Å². The van der Waals surface area contributed by atoms with Gasteiger partial charge in [0.25, 0.3) is 5.91 Å². The summed E-state index contributed by atoms with van der Waals surface area (Å²) in [5, 5.41) is 9.13. The van der Waals surface area contributed by atoms with Gasteiger partial charge in [-0.2, -0.15) is 5.10 Å². The minimum atomic E-state index is -0.936. The maximum Gasteiger partial charge on any atom is 0.329 e. The van der Waals surface area contributed by atoms with Crippen molar-refractivity contribution in [3.8, 4) is 17.2 Å². The molecule has 0 aromatic heterocycles. The van der Waals surface area contributed by atoms with Gasteiger partial charge in [0, 0.05) is 11.4 Å². The Balaban J connectivity index is 1.53. The van der Waals surface area contributed by atoms with E-state index < -0.39 is 11.8 Å². The van der Waals surface area contributed by atoms with Crippen molar-refractivity contribution in [2.45, 2.75) is 13.8 Å². The summed E-state index contributed by atoms with van der Waals surface area (Å²) in [7, 11) is 2.99. The summed E-state index contributed by atoms with van der Waals surface area (Å²) in [4.78, 5) is 36.4. The molecule has 0 saturated carbocycles. The maximum atomic E-state index is 12.4. The molecular weight excluding hydrogens is 476 g/mol. The number of nitrogens with zero attached hydrogens (tertiary/aromatic N) is 1. The maximum absolute atomic E-state index is 12.4. The van der Waals surface area contributed by atoms with Crippen LogP contribution in [-0.2, 0) is 14.4 Å². The second-order valence-electron chi connectivity index (χ2n) is 7.90. The zero-order valence-corrected chi connectivity index (χ0v) is 21.0. The summed E-state index contributed by atoms with van der Waals surface area (Å²) in [5.41, 5.74) is 5.85. The molecule has 0 radical (unpaired) electrons. The number of methoxy groups -OCH3 is 2. The third-order valence-corrected chi connectivity index (χ3v) is 5.23. The summed E-state index contributed by atoms with van der Waals surface area (Å²) >= 11 is 0. The molecule has 3 aromatic carbocycles.